The zero-order chi connectivity index (χ0) is 12.8. The third-order valence-electron chi connectivity index (χ3n) is 3.05. The second-order valence-corrected chi connectivity index (χ2v) is 4.43. The van der Waals surface area contributed by atoms with Gasteiger partial charge >= 0.3 is 0 Å². The van der Waals surface area contributed by atoms with Crippen molar-refractivity contribution in [2.75, 3.05) is 0 Å². The zero-order valence-corrected chi connectivity index (χ0v) is 11.0. The summed E-state index contributed by atoms with van der Waals surface area (Å²) >= 11 is 0. The Labute approximate surface area is 107 Å². The van der Waals surface area contributed by atoms with Gasteiger partial charge in [0.05, 0.1) is 12.8 Å². The summed E-state index contributed by atoms with van der Waals surface area (Å²) in [5.74, 6) is 2.03. The van der Waals surface area contributed by atoms with Crippen LogP contribution in [0, 0.1) is 0 Å². The molecule has 98 valence electrons. The molecule has 0 saturated heterocycles. The average Bonchev–Trinajstić information content (AvgIpc) is 3.04. The number of nitrogens with one attached hydrogen (secondary N) is 1. The van der Waals surface area contributed by atoms with Crippen molar-refractivity contribution < 1.29 is 4.42 Å². The highest BCUT2D eigenvalue weighted by atomic mass is 16.3. The molecule has 0 saturated carbocycles. The van der Waals surface area contributed by atoms with Crippen molar-refractivity contribution in [2.45, 2.75) is 45.8 Å². The molecule has 0 fully saturated rings. The van der Waals surface area contributed by atoms with Crippen molar-refractivity contribution in [3.8, 4) is 0 Å². The molecule has 5 heteroatoms. The fourth-order valence-electron chi connectivity index (χ4n) is 1.86. The van der Waals surface area contributed by atoms with E-state index in [1.165, 1.54) is 0 Å². The van der Waals surface area contributed by atoms with Crippen LogP contribution in [0.25, 0.3) is 0 Å². The van der Waals surface area contributed by atoms with Crippen molar-refractivity contribution in [1.29, 1.82) is 0 Å². The first kappa shape index (κ1) is 12.8. The number of furan rings is 1. The molecule has 0 radical (unpaired) electrons. The quantitative estimate of drug-likeness (QED) is 0.814. The molecule has 1 atom stereocenters. The molecule has 0 spiro atoms. The van der Waals surface area contributed by atoms with Gasteiger partial charge in [-0.05, 0) is 32.4 Å². The van der Waals surface area contributed by atoms with Crippen LogP contribution < -0.4 is 5.32 Å². The third-order valence-corrected chi connectivity index (χ3v) is 3.05. The van der Waals surface area contributed by atoms with Crippen LogP contribution in [0.1, 0.15) is 31.9 Å². The van der Waals surface area contributed by atoms with E-state index in [0.717, 1.165) is 37.5 Å². The average molecular weight is 248 g/mol. The van der Waals surface area contributed by atoms with Crippen molar-refractivity contribution in [2.24, 2.45) is 0 Å². The first-order valence-corrected chi connectivity index (χ1v) is 6.42. The SMILES string of the molecule is CCn1cnnc1CNC(C)CCc1ccco1. The van der Waals surface area contributed by atoms with Gasteiger partial charge in [0.1, 0.15) is 17.9 Å². The van der Waals surface area contributed by atoms with Crippen molar-refractivity contribution in [3.05, 3.63) is 36.3 Å². The van der Waals surface area contributed by atoms with Gasteiger partial charge < -0.3 is 14.3 Å². The van der Waals surface area contributed by atoms with Gasteiger partial charge in [-0.1, -0.05) is 0 Å². The Bertz CT molecular complexity index is 449. The minimum Gasteiger partial charge on any atom is -0.469 e. The van der Waals surface area contributed by atoms with Gasteiger partial charge in [0, 0.05) is 19.0 Å². The molecule has 0 aliphatic carbocycles. The molecule has 0 amide bonds. The summed E-state index contributed by atoms with van der Waals surface area (Å²) in [5, 5.41) is 11.5. The lowest BCUT2D eigenvalue weighted by Crippen LogP contribution is -2.27. The van der Waals surface area contributed by atoms with Gasteiger partial charge in [0.15, 0.2) is 0 Å². The van der Waals surface area contributed by atoms with E-state index < -0.39 is 0 Å². The predicted molar refractivity (Wildman–Crippen MR) is 69.0 cm³/mol. The normalized spacial score (nSPS) is 12.8. The predicted octanol–water partition coefficient (Wildman–Crippen LogP) is 2.00. The number of hydrogen-bond donors (Lipinski definition) is 1. The Morgan fingerprint density at radius 2 is 2.39 bits per heavy atom. The third kappa shape index (κ3) is 3.43. The molecule has 1 unspecified atom stereocenters. The highest BCUT2D eigenvalue weighted by molar-refractivity contribution is 4.98. The van der Waals surface area contributed by atoms with Crippen LogP contribution in [-0.4, -0.2) is 20.8 Å². The number of nitrogens with zero attached hydrogens (tertiary/aromatic N) is 3. The van der Waals surface area contributed by atoms with Crippen molar-refractivity contribution in [3.63, 3.8) is 0 Å². The fourth-order valence-corrected chi connectivity index (χ4v) is 1.86. The molecule has 5 nitrogen and oxygen atoms in total. The Balaban J connectivity index is 1.73. The van der Waals surface area contributed by atoms with Gasteiger partial charge in [-0.3, -0.25) is 0 Å². The first-order chi connectivity index (χ1) is 8.79. The Hall–Kier alpha value is -1.62. The maximum Gasteiger partial charge on any atom is 0.146 e. The highest BCUT2D eigenvalue weighted by Crippen LogP contribution is 2.06. The van der Waals surface area contributed by atoms with Gasteiger partial charge in [0.25, 0.3) is 0 Å². The maximum absolute atomic E-state index is 5.32. The highest BCUT2D eigenvalue weighted by Gasteiger charge is 2.06. The van der Waals surface area contributed by atoms with E-state index in [4.69, 9.17) is 4.42 Å². The largest absolute Gasteiger partial charge is 0.469 e. The molecule has 1 N–H and O–H groups in total. The number of aromatic nitrogens is 3. The Morgan fingerprint density at radius 1 is 1.50 bits per heavy atom. The van der Waals surface area contributed by atoms with E-state index in [1.54, 1.807) is 12.6 Å². The van der Waals surface area contributed by atoms with Crippen LogP contribution in [0.4, 0.5) is 0 Å². The van der Waals surface area contributed by atoms with Crippen LogP contribution >= 0.6 is 0 Å². The van der Waals surface area contributed by atoms with Crippen LogP contribution in [0.2, 0.25) is 0 Å². The Kier molecular flexibility index (Phi) is 4.52. The van der Waals surface area contributed by atoms with Crippen molar-refractivity contribution in [1.82, 2.24) is 20.1 Å². The first-order valence-electron chi connectivity index (χ1n) is 6.42. The molecular formula is C13H20N4O. The van der Waals surface area contributed by atoms with Gasteiger partial charge in [-0.25, -0.2) is 0 Å². The fraction of sp³-hybridized carbons (Fsp3) is 0.538. The second-order valence-electron chi connectivity index (χ2n) is 4.43. The molecule has 0 aromatic carbocycles. The monoisotopic (exact) mass is 248 g/mol. The summed E-state index contributed by atoms with van der Waals surface area (Å²) in [6, 6.07) is 4.37. The summed E-state index contributed by atoms with van der Waals surface area (Å²) in [7, 11) is 0. The summed E-state index contributed by atoms with van der Waals surface area (Å²) in [4.78, 5) is 0. The molecule has 18 heavy (non-hydrogen) atoms. The van der Waals surface area contributed by atoms with E-state index >= 15 is 0 Å². The zero-order valence-electron chi connectivity index (χ0n) is 11.0. The van der Waals surface area contributed by atoms with Gasteiger partial charge in [-0.15, -0.1) is 10.2 Å². The minimum absolute atomic E-state index is 0.428. The number of aryl methyl sites for hydroxylation is 2. The molecule has 2 aromatic heterocycles. The van der Waals surface area contributed by atoms with Crippen LogP contribution in [-0.2, 0) is 19.5 Å². The van der Waals surface area contributed by atoms with Crippen molar-refractivity contribution >= 4 is 0 Å². The summed E-state index contributed by atoms with van der Waals surface area (Å²) in [6.07, 6.45) is 5.50. The summed E-state index contributed by atoms with van der Waals surface area (Å²) < 4.78 is 7.36. The second kappa shape index (κ2) is 6.35. The van der Waals surface area contributed by atoms with Crippen LogP contribution in [0.15, 0.2) is 29.1 Å². The summed E-state index contributed by atoms with van der Waals surface area (Å²) in [6.45, 7) is 5.93. The van der Waals surface area contributed by atoms with Gasteiger partial charge in [-0.2, -0.15) is 0 Å². The lowest BCUT2D eigenvalue weighted by Gasteiger charge is -2.12. The molecular weight excluding hydrogens is 228 g/mol. The topological polar surface area (TPSA) is 55.9 Å². The van der Waals surface area contributed by atoms with E-state index in [-0.39, 0.29) is 0 Å². The van der Waals surface area contributed by atoms with Gasteiger partial charge in [0.2, 0.25) is 0 Å². The van der Waals surface area contributed by atoms with E-state index in [9.17, 15) is 0 Å². The summed E-state index contributed by atoms with van der Waals surface area (Å²) in [5.41, 5.74) is 0. The maximum atomic E-state index is 5.32. The lowest BCUT2D eigenvalue weighted by molar-refractivity contribution is 0.453. The minimum atomic E-state index is 0.428. The molecule has 2 aromatic rings. The number of rotatable bonds is 7. The van der Waals surface area contributed by atoms with E-state index in [2.05, 4.69) is 29.4 Å². The number of hydrogen-bond acceptors (Lipinski definition) is 4. The van der Waals surface area contributed by atoms with E-state index in [1.807, 2.05) is 16.7 Å². The lowest BCUT2D eigenvalue weighted by atomic mass is 10.1. The molecule has 2 rings (SSSR count). The molecule has 0 aliphatic rings. The smallest absolute Gasteiger partial charge is 0.146 e. The van der Waals surface area contributed by atoms with Crippen LogP contribution in [0.3, 0.4) is 0 Å². The van der Waals surface area contributed by atoms with Crippen LogP contribution in [0.5, 0.6) is 0 Å². The van der Waals surface area contributed by atoms with E-state index in [0.29, 0.717) is 6.04 Å². The molecule has 0 aliphatic heterocycles. The Morgan fingerprint density at radius 3 is 3.11 bits per heavy atom. The molecule has 2 heterocycles. The molecule has 0 bridgehead atoms. The standard InChI is InChI=1S/C13H20N4O/c1-3-17-10-15-16-13(17)9-14-11(2)6-7-12-5-4-8-18-12/h4-5,8,10-11,14H,3,6-7,9H2,1-2H3.